The van der Waals surface area contributed by atoms with Crippen LogP contribution in [0.3, 0.4) is 0 Å². The summed E-state index contributed by atoms with van der Waals surface area (Å²) in [6.45, 7) is 4.43. The van der Waals surface area contributed by atoms with Gasteiger partial charge in [0.2, 0.25) is 0 Å². The standard InChI is InChI=1S/C18H20N4O2/c1-11-8-15-16(12(2)24-11)20-21-17(15)18(23)22(3)10-14-6-4-13(9-19)5-7-14/h4-7,11-12H,8,10H2,1-3H3,(H,20,21)/t11-,12+/m1/s1. The van der Waals surface area contributed by atoms with Crippen LogP contribution in [-0.2, 0) is 17.7 Å². The highest BCUT2D eigenvalue weighted by Crippen LogP contribution is 2.30. The number of carbonyl (C=O) groups is 1. The lowest BCUT2D eigenvalue weighted by Crippen LogP contribution is -2.29. The van der Waals surface area contributed by atoms with E-state index in [-0.39, 0.29) is 18.1 Å². The zero-order chi connectivity index (χ0) is 17.3. The van der Waals surface area contributed by atoms with Gasteiger partial charge < -0.3 is 9.64 Å². The Balaban J connectivity index is 1.78. The average molecular weight is 324 g/mol. The molecule has 1 aromatic carbocycles. The molecule has 0 fully saturated rings. The number of amides is 1. The molecular formula is C18H20N4O2. The predicted molar refractivity (Wildman–Crippen MR) is 88.2 cm³/mol. The van der Waals surface area contributed by atoms with Crippen LogP contribution in [0.1, 0.15) is 52.8 Å². The number of hydrogen-bond donors (Lipinski definition) is 1. The number of aromatic amines is 1. The van der Waals surface area contributed by atoms with Gasteiger partial charge in [-0.15, -0.1) is 0 Å². The van der Waals surface area contributed by atoms with Gasteiger partial charge in [-0.05, 0) is 31.5 Å². The SMILES string of the molecule is C[C@@H]1Cc2c(C(=O)N(C)Cc3ccc(C#N)cc3)n[nH]c2[C@H](C)O1. The van der Waals surface area contributed by atoms with Crippen molar-refractivity contribution in [2.45, 2.75) is 39.0 Å². The van der Waals surface area contributed by atoms with Gasteiger partial charge in [0.15, 0.2) is 5.69 Å². The van der Waals surface area contributed by atoms with Crippen LogP contribution in [0.15, 0.2) is 24.3 Å². The molecule has 1 aliphatic rings. The number of ether oxygens (including phenoxy) is 1. The molecule has 0 spiro atoms. The van der Waals surface area contributed by atoms with Crippen LogP contribution >= 0.6 is 0 Å². The zero-order valence-corrected chi connectivity index (χ0v) is 14.0. The highest BCUT2D eigenvalue weighted by Gasteiger charge is 2.30. The highest BCUT2D eigenvalue weighted by atomic mass is 16.5. The van der Waals surface area contributed by atoms with Gasteiger partial charge in [-0.3, -0.25) is 9.89 Å². The Kier molecular flexibility index (Phi) is 4.36. The fraction of sp³-hybridized carbons (Fsp3) is 0.389. The second-order valence-corrected chi connectivity index (χ2v) is 6.23. The number of benzene rings is 1. The first-order chi connectivity index (χ1) is 11.5. The monoisotopic (exact) mass is 324 g/mol. The minimum Gasteiger partial charge on any atom is -0.369 e. The molecule has 0 radical (unpaired) electrons. The van der Waals surface area contributed by atoms with Gasteiger partial charge in [-0.1, -0.05) is 12.1 Å². The normalized spacial score (nSPS) is 19.4. The molecule has 1 aliphatic heterocycles. The molecule has 2 heterocycles. The van der Waals surface area contributed by atoms with E-state index in [1.165, 1.54) is 0 Å². The van der Waals surface area contributed by atoms with E-state index < -0.39 is 0 Å². The molecule has 24 heavy (non-hydrogen) atoms. The number of H-pyrrole nitrogens is 1. The Bertz CT molecular complexity index is 788. The smallest absolute Gasteiger partial charge is 0.274 e. The first kappa shape index (κ1) is 16.2. The minimum absolute atomic E-state index is 0.0699. The summed E-state index contributed by atoms with van der Waals surface area (Å²) >= 11 is 0. The van der Waals surface area contributed by atoms with E-state index in [9.17, 15) is 4.79 Å². The number of nitrogens with zero attached hydrogens (tertiary/aromatic N) is 3. The van der Waals surface area contributed by atoms with E-state index in [0.717, 1.165) is 16.8 Å². The summed E-state index contributed by atoms with van der Waals surface area (Å²) < 4.78 is 5.76. The number of nitrogens with one attached hydrogen (secondary N) is 1. The van der Waals surface area contributed by atoms with Crippen molar-refractivity contribution in [3.63, 3.8) is 0 Å². The molecule has 1 aromatic heterocycles. The Morgan fingerprint density at radius 3 is 2.79 bits per heavy atom. The third-order valence-corrected chi connectivity index (χ3v) is 4.29. The Hall–Kier alpha value is -2.65. The third kappa shape index (κ3) is 3.03. The van der Waals surface area contributed by atoms with Gasteiger partial charge in [-0.25, -0.2) is 0 Å². The molecule has 1 amide bonds. The molecule has 3 rings (SSSR count). The molecule has 124 valence electrons. The van der Waals surface area contributed by atoms with E-state index in [4.69, 9.17) is 10.00 Å². The number of hydrogen-bond acceptors (Lipinski definition) is 4. The minimum atomic E-state index is -0.113. The van der Waals surface area contributed by atoms with Crippen LogP contribution in [0, 0.1) is 11.3 Å². The van der Waals surface area contributed by atoms with Gasteiger partial charge in [0.05, 0.1) is 29.5 Å². The predicted octanol–water partition coefficient (Wildman–Crippen LogP) is 2.58. The number of nitriles is 1. The second-order valence-electron chi connectivity index (χ2n) is 6.23. The second kappa shape index (κ2) is 6.46. The van der Waals surface area contributed by atoms with E-state index in [1.54, 1.807) is 24.1 Å². The highest BCUT2D eigenvalue weighted by molar-refractivity contribution is 5.94. The lowest BCUT2D eigenvalue weighted by Gasteiger charge is -2.25. The first-order valence-corrected chi connectivity index (χ1v) is 7.96. The molecule has 6 heteroatoms. The van der Waals surface area contributed by atoms with Crippen molar-refractivity contribution in [2.24, 2.45) is 0 Å². The van der Waals surface area contributed by atoms with E-state index in [0.29, 0.717) is 24.2 Å². The summed E-state index contributed by atoms with van der Waals surface area (Å²) in [6.07, 6.45) is 0.671. The topological polar surface area (TPSA) is 82.0 Å². The number of carbonyl (C=O) groups excluding carboxylic acids is 1. The maximum atomic E-state index is 12.8. The number of aromatic nitrogens is 2. The van der Waals surface area contributed by atoms with Crippen LogP contribution in [0.5, 0.6) is 0 Å². The van der Waals surface area contributed by atoms with Crippen molar-refractivity contribution in [3.05, 3.63) is 52.3 Å². The molecule has 2 aromatic rings. The third-order valence-electron chi connectivity index (χ3n) is 4.29. The van der Waals surface area contributed by atoms with Gasteiger partial charge in [0, 0.05) is 25.6 Å². The molecule has 6 nitrogen and oxygen atoms in total. The molecule has 0 saturated carbocycles. The van der Waals surface area contributed by atoms with Crippen molar-refractivity contribution < 1.29 is 9.53 Å². The van der Waals surface area contributed by atoms with Crippen molar-refractivity contribution in [1.82, 2.24) is 15.1 Å². The zero-order valence-electron chi connectivity index (χ0n) is 14.0. The molecule has 0 unspecified atom stereocenters. The molecular weight excluding hydrogens is 304 g/mol. The maximum absolute atomic E-state index is 12.8. The summed E-state index contributed by atoms with van der Waals surface area (Å²) in [5.74, 6) is -0.113. The van der Waals surface area contributed by atoms with Crippen molar-refractivity contribution in [1.29, 1.82) is 5.26 Å². The fourth-order valence-corrected chi connectivity index (χ4v) is 3.06. The van der Waals surface area contributed by atoms with Crippen LogP contribution in [0.4, 0.5) is 0 Å². The van der Waals surface area contributed by atoms with E-state index in [2.05, 4.69) is 16.3 Å². The molecule has 0 aliphatic carbocycles. The molecule has 2 atom stereocenters. The van der Waals surface area contributed by atoms with E-state index in [1.807, 2.05) is 26.0 Å². The van der Waals surface area contributed by atoms with Gasteiger partial charge in [-0.2, -0.15) is 10.4 Å². The van der Waals surface area contributed by atoms with Crippen molar-refractivity contribution in [2.75, 3.05) is 7.05 Å². The summed E-state index contributed by atoms with van der Waals surface area (Å²) in [7, 11) is 1.76. The summed E-state index contributed by atoms with van der Waals surface area (Å²) in [5.41, 5.74) is 3.90. The number of rotatable bonds is 3. The fourth-order valence-electron chi connectivity index (χ4n) is 3.06. The lowest BCUT2D eigenvalue weighted by atomic mass is 9.99. The van der Waals surface area contributed by atoms with Crippen LogP contribution < -0.4 is 0 Å². The maximum Gasteiger partial charge on any atom is 0.274 e. The van der Waals surface area contributed by atoms with Crippen LogP contribution in [0.25, 0.3) is 0 Å². The van der Waals surface area contributed by atoms with Gasteiger partial charge in [0.1, 0.15) is 0 Å². The molecule has 0 saturated heterocycles. The van der Waals surface area contributed by atoms with Crippen molar-refractivity contribution in [3.8, 4) is 6.07 Å². The van der Waals surface area contributed by atoms with Crippen molar-refractivity contribution >= 4 is 5.91 Å². The Morgan fingerprint density at radius 1 is 1.42 bits per heavy atom. The van der Waals surface area contributed by atoms with Crippen LogP contribution in [0.2, 0.25) is 0 Å². The number of fused-ring (bicyclic) bond motifs is 1. The summed E-state index contributed by atoms with van der Waals surface area (Å²) in [6, 6.07) is 9.32. The largest absolute Gasteiger partial charge is 0.369 e. The quantitative estimate of drug-likeness (QED) is 0.941. The Morgan fingerprint density at radius 2 is 2.12 bits per heavy atom. The van der Waals surface area contributed by atoms with Gasteiger partial charge in [0.25, 0.3) is 5.91 Å². The van der Waals surface area contributed by atoms with Crippen LogP contribution in [-0.4, -0.2) is 34.2 Å². The first-order valence-electron chi connectivity index (χ1n) is 7.96. The average Bonchev–Trinajstić information content (AvgIpc) is 2.98. The lowest BCUT2D eigenvalue weighted by molar-refractivity contribution is -0.00701. The summed E-state index contributed by atoms with van der Waals surface area (Å²) in [5, 5.41) is 16.0. The molecule has 1 N–H and O–H groups in total. The Labute approximate surface area is 141 Å². The summed E-state index contributed by atoms with van der Waals surface area (Å²) in [4.78, 5) is 14.4. The van der Waals surface area contributed by atoms with E-state index >= 15 is 0 Å². The van der Waals surface area contributed by atoms with Gasteiger partial charge >= 0.3 is 0 Å². The molecule has 0 bridgehead atoms.